The molecule has 34 heavy (non-hydrogen) atoms. The van der Waals surface area contributed by atoms with Gasteiger partial charge in [0.2, 0.25) is 10.0 Å². The monoisotopic (exact) mass is 552 g/mol. The highest BCUT2D eigenvalue weighted by atomic mass is 32.2. The van der Waals surface area contributed by atoms with Crippen LogP contribution >= 0.6 is 11.3 Å². The summed E-state index contributed by atoms with van der Waals surface area (Å²) in [6.45, 7) is 24.3. The Morgan fingerprint density at radius 3 is 2.00 bits per heavy atom. The lowest BCUT2D eigenvalue weighted by Crippen LogP contribution is -2.54. The Morgan fingerprint density at radius 1 is 1.06 bits per heavy atom. The van der Waals surface area contributed by atoms with Gasteiger partial charge in [-0.2, -0.15) is 0 Å². The quantitative estimate of drug-likeness (QED) is 0.462. The number of aliphatic hydroxyl groups is 1. The topological polar surface area (TPSA) is 107 Å². The van der Waals surface area contributed by atoms with E-state index in [0.717, 1.165) is 11.3 Å². The van der Waals surface area contributed by atoms with Crippen LogP contribution < -0.4 is 4.39 Å². The van der Waals surface area contributed by atoms with E-state index in [1.807, 2.05) is 33.9 Å². The van der Waals surface area contributed by atoms with Gasteiger partial charge in [0.25, 0.3) is 0 Å². The lowest BCUT2D eigenvalue weighted by molar-refractivity contribution is -0.304. The first kappa shape index (κ1) is 30.0. The van der Waals surface area contributed by atoms with Crippen LogP contribution in [0.25, 0.3) is 0 Å². The molecule has 1 aromatic rings. The minimum absolute atomic E-state index is 0.0365. The fourth-order valence-corrected chi connectivity index (χ4v) is 10.2. The number of sulfonamides is 1. The average Bonchev–Trinajstić information content (AvgIpc) is 3.06. The first-order chi connectivity index (χ1) is 14.9. The third-order valence-electron chi connectivity index (χ3n) is 7.26. The van der Waals surface area contributed by atoms with Crippen LogP contribution in [0.4, 0.5) is 0 Å². The molecule has 0 bridgehead atoms. The van der Waals surface area contributed by atoms with Crippen molar-refractivity contribution in [3.05, 3.63) is 10.7 Å². The molecule has 0 amide bonds. The third-order valence-corrected chi connectivity index (χ3v) is 21.3. The molecule has 2 heterocycles. The maximum Gasteiger partial charge on any atom is 0.246 e. The van der Waals surface area contributed by atoms with E-state index in [0.29, 0.717) is 5.69 Å². The maximum atomic E-state index is 13.6. The molecule has 1 fully saturated rings. The Balaban J connectivity index is 2.51. The predicted octanol–water partition coefficient (Wildman–Crippen LogP) is 4.92. The van der Waals surface area contributed by atoms with E-state index in [1.54, 1.807) is 13.8 Å². The van der Waals surface area contributed by atoms with E-state index in [2.05, 4.69) is 43.2 Å². The highest BCUT2D eigenvalue weighted by molar-refractivity contribution is 7.93. The molecular formula is C22H44N2O6S2Si2. The van der Waals surface area contributed by atoms with Gasteiger partial charge >= 0.3 is 0 Å². The number of hydrogen-bond acceptors (Lipinski definition) is 8. The average molecular weight is 553 g/mol. The summed E-state index contributed by atoms with van der Waals surface area (Å²) in [5.41, 5.74) is -1.22. The molecule has 2 N–H and O–H groups in total. The summed E-state index contributed by atoms with van der Waals surface area (Å²) >= 11 is 0.967. The smallest absolute Gasteiger partial charge is 0.246 e. The molecule has 1 aromatic heterocycles. The summed E-state index contributed by atoms with van der Waals surface area (Å²) in [4.78, 5) is 4.60. The molecule has 2 rings (SSSR count). The second kappa shape index (κ2) is 9.28. The number of rotatable bonds is 7. The fourth-order valence-electron chi connectivity index (χ4n) is 2.63. The first-order valence-electron chi connectivity index (χ1n) is 11.6. The summed E-state index contributed by atoms with van der Waals surface area (Å²) < 4.78 is 48.0. The zero-order valence-electron chi connectivity index (χ0n) is 22.9. The van der Waals surface area contributed by atoms with E-state index in [1.165, 1.54) is 0 Å². The van der Waals surface area contributed by atoms with Crippen molar-refractivity contribution in [2.45, 2.75) is 114 Å². The van der Waals surface area contributed by atoms with Crippen LogP contribution in [0.2, 0.25) is 36.3 Å². The van der Waals surface area contributed by atoms with Gasteiger partial charge in [-0.25, -0.2) is 17.8 Å². The van der Waals surface area contributed by atoms with Crippen LogP contribution in [0.1, 0.15) is 66.1 Å². The van der Waals surface area contributed by atoms with Crippen molar-refractivity contribution in [1.29, 1.82) is 0 Å². The van der Waals surface area contributed by atoms with E-state index in [4.69, 9.17) is 13.9 Å². The molecular weight excluding hydrogens is 509 g/mol. The largest absolute Gasteiger partial charge is 0.411 e. The Kier molecular flexibility index (Phi) is 8.20. The predicted molar refractivity (Wildman–Crippen MR) is 141 cm³/mol. The van der Waals surface area contributed by atoms with Gasteiger partial charge in [-0.15, -0.1) is 11.3 Å². The second-order valence-electron chi connectivity index (χ2n) is 12.8. The van der Waals surface area contributed by atoms with Crippen molar-refractivity contribution in [2.75, 3.05) is 13.2 Å². The molecule has 0 radical (unpaired) electrons. The fraction of sp³-hybridized carbons (Fsp3) is 0.864. The Hall–Kier alpha value is -0.186. The first-order valence-corrected chi connectivity index (χ1v) is 19.8. The molecule has 0 atom stereocenters. The van der Waals surface area contributed by atoms with Crippen LogP contribution in [0.15, 0.2) is 4.21 Å². The molecule has 0 aliphatic carbocycles. The van der Waals surface area contributed by atoms with Crippen LogP contribution in [0, 0.1) is 0 Å². The lowest BCUT2D eigenvalue weighted by atomic mass is 10.1. The molecule has 1 aliphatic rings. The summed E-state index contributed by atoms with van der Waals surface area (Å²) in [6, 6.07) is 0. The minimum atomic E-state index is -3.89. The van der Waals surface area contributed by atoms with Crippen molar-refractivity contribution in [3.8, 4) is 0 Å². The van der Waals surface area contributed by atoms with E-state index in [-0.39, 0.29) is 39.1 Å². The van der Waals surface area contributed by atoms with Gasteiger partial charge in [0, 0.05) is 0 Å². The normalized spacial score (nSPS) is 19.9. The van der Waals surface area contributed by atoms with Crippen molar-refractivity contribution in [2.24, 2.45) is 0 Å². The highest BCUT2D eigenvalue weighted by Crippen LogP contribution is 2.41. The molecule has 0 saturated carbocycles. The van der Waals surface area contributed by atoms with Gasteiger partial charge in [-0.3, -0.25) is 0 Å². The van der Waals surface area contributed by atoms with Gasteiger partial charge < -0.3 is 19.0 Å². The molecule has 1 saturated heterocycles. The number of thiazole rings is 1. The standard InChI is InChI=1S/C22H44N2O6S2Si2/c1-19(2,3)33(9,10)24-32(26,27)17-16(13-30-34(11,12)20(4,5)6)23-18(31-17)22(25)14-28-21(7,8)29-15-22/h24-25H,13-15H2,1-12H3. The molecule has 0 aromatic carbocycles. The number of nitrogens with zero attached hydrogens (tertiary/aromatic N) is 1. The van der Waals surface area contributed by atoms with Crippen LogP contribution in [0.3, 0.4) is 0 Å². The van der Waals surface area contributed by atoms with Crippen molar-refractivity contribution in [1.82, 2.24) is 9.37 Å². The van der Waals surface area contributed by atoms with E-state index < -0.39 is 38.0 Å². The minimum Gasteiger partial charge on any atom is -0.411 e. The lowest BCUT2D eigenvalue weighted by Gasteiger charge is -2.39. The number of nitrogens with one attached hydrogen (secondary N) is 1. The Morgan fingerprint density at radius 2 is 1.56 bits per heavy atom. The molecule has 0 spiro atoms. The molecule has 1 aliphatic heterocycles. The SMILES string of the molecule is CC1(C)OCC(O)(c2nc(CO[Si](C)(C)C(C)(C)C)c(S(=O)(=O)N[Si](C)(C)C(C)(C)C)s2)CO1. The zero-order chi connectivity index (χ0) is 26.6. The molecule has 12 heteroatoms. The Bertz CT molecular complexity index is 982. The number of ether oxygens (including phenoxy) is 2. The molecule has 8 nitrogen and oxygen atoms in total. The number of hydrogen-bond donors (Lipinski definition) is 2. The van der Waals surface area contributed by atoms with Crippen molar-refractivity contribution >= 4 is 37.9 Å². The van der Waals surface area contributed by atoms with Gasteiger partial charge in [-0.1, -0.05) is 54.6 Å². The summed E-state index contributed by atoms with van der Waals surface area (Å²) in [5, 5.41) is 11.3. The summed E-state index contributed by atoms with van der Waals surface area (Å²) in [6.07, 6.45) is 0. The van der Waals surface area contributed by atoms with Crippen LogP contribution in [0.5, 0.6) is 0 Å². The summed E-state index contributed by atoms with van der Waals surface area (Å²) in [7, 11) is -8.47. The van der Waals surface area contributed by atoms with Gasteiger partial charge in [0.05, 0.1) is 25.5 Å². The van der Waals surface area contributed by atoms with E-state index in [9.17, 15) is 13.5 Å². The van der Waals surface area contributed by atoms with Crippen molar-refractivity contribution in [3.63, 3.8) is 0 Å². The van der Waals surface area contributed by atoms with Gasteiger partial charge in [-0.05, 0) is 37.0 Å². The highest BCUT2D eigenvalue weighted by Gasteiger charge is 2.46. The third kappa shape index (κ3) is 6.57. The number of aromatic nitrogens is 1. The maximum absolute atomic E-state index is 13.6. The van der Waals surface area contributed by atoms with Gasteiger partial charge in [0.15, 0.2) is 23.9 Å². The van der Waals surface area contributed by atoms with Crippen molar-refractivity contribution < 1.29 is 27.4 Å². The van der Waals surface area contributed by atoms with E-state index >= 15 is 0 Å². The zero-order valence-corrected chi connectivity index (χ0v) is 26.5. The van der Waals surface area contributed by atoms with Crippen LogP contribution in [-0.2, 0) is 36.1 Å². The Labute approximate surface area is 212 Å². The molecule has 198 valence electrons. The second-order valence-corrected chi connectivity index (χ2v) is 25.8. The summed E-state index contributed by atoms with van der Waals surface area (Å²) in [5.74, 6) is -0.823. The van der Waals surface area contributed by atoms with Gasteiger partial charge in [0.1, 0.15) is 13.2 Å². The molecule has 0 unspecified atom stereocenters. The van der Waals surface area contributed by atoms with Crippen LogP contribution in [-0.4, -0.2) is 54.1 Å².